The van der Waals surface area contributed by atoms with E-state index in [0.717, 1.165) is 55.4 Å². The van der Waals surface area contributed by atoms with Crippen LogP contribution in [0.3, 0.4) is 0 Å². The standard InChI is InChI=1S/C27H34O5/c1-3-10-23-25(15-14-22-24(28)16-18-32-26(22)23)31-17-9-5-8-13-21(27(29)30-2)19-20-11-6-4-7-12-20/h4,6-7,11-12,14-15,21H,3,5,8-10,13,16-19H2,1-2H3. The number of unbranched alkanes of at least 4 members (excludes halogenated alkanes) is 2. The van der Waals surface area contributed by atoms with Crippen molar-refractivity contribution >= 4 is 11.8 Å². The van der Waals surface area contributed by atoms with E-state index in [0.29, 0.717) is 37.4 Å². The molecule has 1 heterocycles. The molecule has 0 radical (unpaired) electrons. The van der Waals surface area contributed by atoms with Crippen LogP contribution in [0, 0.1) is 5.92 Å². The molecule has 5 nitrogen and oxygen atoms in total. The van der Waals surface area contributed by atoms with Crippen molar-refractivity contribution in [3.63, 3.8) is 0 Å². The SMILES string of the molecule is CCCc1c(OCCCCCC(Cc2ccccc2)C(=O)OC)ccc2c1OCCC2=O. The van der Waals surface area contributed by atoms with Gasteiger partial charge in [-0.05, 0) is 43.4 Å². The Morgan fingerprint density at radius 1 is 1.09 bits per heavy atom. The van der Waals surface area contributed by atoms with Gasteiger partial charge in [0.05, 0.1) is 31.8 Å². The van der Waals surface area contributed by atoms with E-state index in [2.05, 4.69) is 6.92 Å². The van der Waals surface area contributed by atoms with Crippen LogP contribution in [0.15, 0.2) is 42.5 Å². The predicted octanol–water partition coefficient (Wildman–Crippen LogP) is 5.58. The van der Waals surface area contributed by atoms with Crippen molar-refractivity contribution in [1.82, 2.24) is 0 Å². The first-order valence-electron chi connectivity index (χ1n) is 11.7. The quantitative estimate of drug-likeness (QED) is 0.320. The van der Waals surface area contributed by atoms with Crippen molar-refractivity contribution in [1.29, 1.82) is 0 Å². The average Bonchev–Trinajstić information content (AvgIpc) is 2.82. The molecule has 0 amide bonds. The minimum absolute atomic E-state index is 0.116. The van der Waals surface area contributed by atoms with E-state index in [1.165, 1.54) is 7.11 Å². The molecule has 2 aromatic rings. The summed E-state index contributed by atoms with van der Waals surface area (Å²) in [5.74, 6) is 1.41. The van der Waals surface area contributed by atoms with Crippen LogP contribution >= 0.6 is 0 Å². The number of hydrogen-bond donors (Lipinski definition) is 0. The second-order valence-corrected chi connectivity index (χ2v) is 8.30. The molecule has 0 aliphatic carbocycles. The Morgan fingerprint density at radius 2 is 1.91 bits per heavy atom. The molecule has 1 atom stereocenters. The van der Waals surface area contributed by atoms with Gasteiger partial charge in [-0.2, -0.15) is 0 Å². The van der Waals surface area contributed by atoms with Gasteiger partial charge in [0.25, 0.3) is 0 Å². The topological polar surface area (TPSA) is 61.8 Å². The maximum atomic E-state index is 12.2. The fraction of sp³-hybridized carbons (Fsp3) is 0.481. The number of carbonyl (C=O) groups is 2. The van der Waals surface area contributed by atoms with E-state index in [4.69, 9.17) is 14.2 Å². The fourth-order valence-corrected chi connectivity index (χ4v) is 4.22. The molecule has 0 spiro atoms. The zero-order chi connectivity index (χ0) is 22.8. The first-order chi connectivity index (χ1) is 15.6. The van der Waals surface area contributed by atoms with Gasteiger partial charge in [-0.25, -0.2) is 0 Å². The van der Waals surface area contributed by atoms with E-state index >= 15 is 0 Å². The largest absolute Gasteiger partial charge is 0.493 e. The zero-order valence-electron chi connectivity index (χ0n) is 19.2. The molecule has 1 unspecified atom stereocenters. The molecule has 32 heavy (non-hydrogen) atoms. The molecule has 1 aliphatic rings. The molecule has 1 aliphatic heterocycles. The van der Waals surface area contributed by atoms with Crippen LogP contribution in [0.4, 0.5) is 0 Å². The summed E-state index contributed by atoms with van der Waals surface area (Å²) in [6.07, 6.45) is 6.56. The summed E-state index contributed by atoms with van der Waals surface area (Å²) < 4.78 is 16.9. The van der Waals surface area contributed by atoms with Gasteiger partial charge in [0, 0.05) is 12.0 Å². The van der Waals surface area contributed by atoms with E-state index < -0.39 is 0 Å². The number of methoxy groups -OCH3 is 1. The molecule has 3 rings (SSSR count). The van der Waals surface area contributed by atoms with Crippen LogP contribution in [-0.2, 0) is 22.4 Å². The summed E-state index contributed by atoms with van der Waals surface area (Å²) >= 11 is 0. The van der Waals surface area contributed by atoms with Gasteiger partial charge < -0.3 is 14.2 Å². The number of ether oxygens (including phenoxy) is 3. The van der Waals surface area contributed by atoms with E-state index in [1.54, 1.807) is 0 Å². The number of benzene rings is 2. The van der Waals surface area contributed by atoms with Crippen LogP contribution in [0.1, 0.15) is 66.9 Å². The lowest BCUT2D eigenvalue weighted by molar-refractivity contribution is -0.145. The molecule has 5 heteroatoms. The first kappa shape index (κ1) is 23.8. The molecule has 0 bridgehead atoms. The summed E-state index contributed by atoms with van der Waals surface area (Å²) in [5, 5.41) is 0. The van der Waals surface area contributed by atoms with Crippen molar-refractivity contribution in [2.45, 2.75) is 58.3 Å². The lowest BCUT2D eigenvalue weighted by atomic mass is 9.94. The highest BCUT2D eigenvalue weighted by Crippen LogP contribution is 2.36. The highest BCUT2D eigenvalue weighted by molar-refractivity contribution is 6.00. The third-order valence-corrected chi connectivity index (χ3v) is 5.91. The summed E-state index contributed by atoms with van der Waals surface area (Å²) in [4.78, 5) is 24.3. The van der Waals surface area contributed by atoms with Gasteiger partial charge in [0.1, 0.15) is 11.5 Å². The minimum atomic E-state index is -0.141. The second kappa shape index (κ2) is 12.3. The number of carbonyl (C=O) groups excluding carboxylic acids is 2. The summed E-state index contributed by atoms with van der Waals surface area (Å²) in [5.41, 5.74) is 2.84. The lowest BCUT2D eigenvalue weighted by Gasteiger charge is -2.22. The number of hydrogen-bond acceptors (Lipinski definition) is 5. The van der Waals surface area contributed by atoms with Crippen molar-refractivity contribution < 1.29 is 23.8 Å². The molecule has 0 fully saturated rings. The van der Waals surface area contributed by atoms with Gasteiger partial charge in [0.15, 0.2) is 5.78 Å². The Bertz CT molecular complexity index is 890. The fourth-order valence-electron chi connectivity index (χ4n) is 4.22. The van der Waals surface area contributed by atoms with E-state index in [-0.39, 0.29) is 17.7 Å². The van der Waals surface area contributed by atoms with Crippen molar-refractivity contribution in [3.8, 4) is 11.5 Å². The smallest absolute Gasteiger partial charge is 0.308 e. The van der Waals surface area contributed by atoms with Gasteiger partial charge in [0.2, 0.25) is 0 Å². The number of esters is 1. The Balaban J connectivity index is 1.48. The van der Waals surface area contributed by atoms with Crippen LogP contribution in [0.5, 0.6) is 11.5 Å². The first-order valence-corrected chi connectivity index (χ1v) is 11.7. The van der Waals surface area contributed by atoms with Gasteiger partial charge in [-0.15, -0.1) is 0 Å². The Kier molecular flexibility index (Phi) is 9.14. The van der Waals surface area contributed by atoms with Crippen molar-refractivity contribution in [2.75, 3.05) is 20.3 Å². The van der Waals surface area contributed by atoms with Crippen molar-refractivity contribution in [3.05, 3.63) is 59.2 Å². The van der Waals surface area contributed by atoms with Gasteiger partial charge in [-0.1, -0.05) is 56.5 Å². The zero-order valence-corrected chi connectivity index (χ0v) is 19.2. The Labute approximate surface area is 191 Å². The summed E-state index contributed by atoms with van der Waals surface area (Å²) in [7, 11) is 1.46. The monoisotopic (exact) mass is 438 g/mol. The summed E-state index contributed by atoms with van der Waals surface area (Å²) in [6.45, 7) is 3.16. The molecule has 0 aromatic heterocycles. The summed E-state index contributed by atoms with van der Waals surface area (Å²) in [6, 6.07) is 13.8. The van der Waals surface area contributed by atoms with Crippen LogP contribution in [-0.4, -0.2) is 32.1 Å². The maximum absolute atomic E-state index is 12.2. The highest BCUT2D eigenvalue weighted by Gasteiger charge is 2.24. The normalized spacial score (nSPS) is 13.8. The molecule has 0 saturated heterocycles. The van der Waals surface area contributed by atoms with Crippen molar-refractivity contribution in [2.24, 2.45) is 5.92 Å². The molecule has 0 N–H and O–H groups in total. The van der Waals surface area contributed by atoms with Gasteiger partial charge >= 0.3 is 5.97 Å². The highest BCUT2D eigenvalue weighted by atomic mass is 16.5. The number of Topliss-reactive ketones (excluding diaryl/α,β-unsaturated/α-hetero) is 1. The van der Waals surface area contributed by atoms with Crippen LogP contribution in [0.25, 0.3) is 0 Å². The predicted molar refractivity (Wildman–Crippen MR) is 124 cm³/mol. The number of ketones is 1. The average molecular weight is 439 g/mol. The molecular weight excluding hydrogens is 404 g/mol. The third kappa shape index (κ3) is 6.35. The molecule has 172 valence electrons. The van der Waals surface area contributed by atoms with Crippen LogP contribution < -0.4 is 9.47 Å². The third-order valence-electron chi connectivity index (χ3n) is 5.91. The molecule has 0 saturated carbocycles. The van der Waals surface area contributed by atoms with Gasteiger partial charge in [-0.3, -0.25) is 9.59 Å². The maximum Gasteiger partial charge on any atom is 0.308 e. The minimum Gasteiger partial charge on any atom is -0.493 e. The Hall–Kier alpha value is -2.82. The number of fused-ring (bicyclic) bond motifs is 1. The van der Waals surface area contributed by atoms with E-state index in [1.807, 2.05) is 42.5 Å². The van der Waals surface area contributed by atoms with Crippen LogP contribution in [0.2, 0.25) is 0 Å². The lowest BCUT2D eigenvalue weighted by Crippen LogP contribution is -2.19. The molecule has 2 aromatic carbocycles. The molecular formula is C27H34O5. The Morgan fingerprint density at radius 3 is 2.66 bits per heavy atom. The van der Waals surface area contributed by atoms with E-state index in [9.17, 15) is 9.59 Å². The second-order valence-electron chi connectivity index (χ2n) is 8.30. The number of rotatable bonds is 12.